The molecular weight excluding hydrogens is 125 g/mol. The molecule has 3 heteroatoms. The molecule has 0 rings (SSSR count). The molecule has 54 valence electrons. The number of rotatable bonds is 3. The van der Waals surface area contributed by atoms with Gasteiger partial charge in [-0.05, 0) is 5.92 Å². The monoisotopic (exact) mass is 138 g/mol. The van der Waals surface area contributed by atoms with Crippen molar-refractivity contribution < 1.29 is 9.90 Å². The van der Waals surface area contributed by atoms with Crippen LogP contribution in [0.15, 0.2) is 0 Å². The van der Waals surface area contributed by atoms with Crippen LogP contribution >= 0.6 is 0 Å². The van der Waals surface area contributed by atoms with E-state index in [4.69, 9.17) is 10.8 Å². The minimum atomic E-state index is -0.913. The lowest BCUT2D eigenvalue weighted by Crippen LogP contribution is -2.36. The maximum Gasteiger partial charge on any atom is 0.320 e. The highest BCUT2D eigenvalue weighted by atomic mass is 16.5. The normalized spacial score (nSPS) is 16.8. The minimum absolute atomic E-state index is 0.0718. The summed E-state index contributed by atoms with van der Waals surface area (Å²) < 4.78 is 0. The molecule has 0 saturated carbocycles. The molecule has 0 unspecified atom stereocenters. The maximum atomic E-state index is 10.2. The zero-order valence-electron chi connectivity index (χ0n) is 5.79. The Morgan fingerprint density at radius 3 is 2.33 bits per heavy atom. The van der Waals surface area contributed by atoms with E-state index in [0.717, 1.165) is 6.42 Å². The summed E-state index contributed by atoms with van der Waals surface area (Å²) in [6.45, 7) is 3.76. The van der Waals surface area contributed by atoms with E-state index in [1.54, 1.807) is 0 Å². The van der Waals surface area contributed by atoms with Crippen molar-refractivity contribution in [3.63, 3.8) is 0 Å². The first-order chi connectivity index (χ1) is 4.09. The first-order valence-electron chi connectivity index (χ1n) is 3.08. The molecule has 0 aromatic heterocycles. The summed E-state index contributed by atoms with van der Waals surface area (Å²) in [4.78, 5) is 10.2. The van der Waals surface area contributed by atoms with Crippen LogP contribution in [0.3, 0.4) is 0 Å². The van der Waals surface area contributed by atoms with Crippen LogP contribution < -0.4 is 5.73 Å². The fraction of sp³-hybridized carbons (Fsp3) is 0.833. The summed E-state index contributed by atoms with van der Waals surface area (Å²) in [6.07, 6.45) is 0.813. The van der Waals surface area contributed by atoms with Crippen molar-refractivity contribution >= 4 is 5.97 Å². The highest BCUT2D eigenvalue weighted by Crippen LogP contribution is 2.04. The van der Waals surface area contributed by atoms with E-state index in [2.05, 4.69) is 0 Å². The van der Waals surface area contributed by atoms with Crippen LogP contribution in [-0.2, 0) is 4.79 Å². The van der Waals surface area contributed by atoms with E-state index >= 15 is 0 Å². The van der Waals surface area contributed by atoms with E-state index < -0.39 is 12.0 Å². The number of aliphatic carboxylic acids is 1. The third-order valence-corrected chi connectivity index (χ3v) is 1.54. The smallest absolute Gasteiger partial charge is 0.320 e. The van der Waals surface area contributed by atoms with Gasteiger partial charge in [-0.1, -0.05) is 20.3 Å². The van der Waals surface area contributed by atoms with Gasteiger partial charge < -0.3 is 10.8 Å². The van der Waals surface area contributed by atoms with Crippen LogP contribution in [0.1, 0.15) is 20.3 Å². The van der Waals surface area contributed by atoms with Gasteiger partial charge in [-0.2, -0.15) is 0 Å². The lowest BCUT2D eigenvalue weighted by molar-refractivity contribution is -0.139. The van der Waals surface area contributed by atoms with E-state index in [1.165, 1.54) is 0 Å². The third kappa shape index (κ3) is 2.46. The number of carboxylic acid groups (broad SMARTS) is 1. The molecule has 2 atom stereocenters. The number of hydrogen-bond donors (Lipinski definition) is 2. The van der Waals surface area contributed by atoms with Gasteiger partial charge in [-0.3, -0.25) is 4.79 Å². The van der Waals surface area contributed by atoms with Gasteiger partial charge in [0.1, 0.15) is 6.04 Å². The molecule has 0 fully saturated rings. The quantitative estimate of drug-likeness (QED) is 0.439. The molecule has 0 aliphatic rings. The molecule has 0 spiro atoms. The van der Waals surface area contributed by atoms with Crippen LogP contribution in [0.4, 0.5) is 0 Å². The zero-order chi connectivity index (χ0) is 7.44. The minimum Gasteiger partial charge on any atom is -0.480 e. The predicted molar refractivity (Wildman–Crippen MR) is 35.1 cm³/mol. The predicted octanol–water partition coefficient (Wildman–Crippen LogP) is 0.444. The van der Waals surface area contributed by atoms with Crippen molar-refractivity contribution in [2.24, 2.45) is 11.7 Å². The summed E-state index contributed by atoms with van der Waals surface area (Å²) in [6, 6.07) is -0.699. The van der Waals surface area contributed by atoms with Crippen LogP contribution in [0, 0.1) is 5.92 Å². The number of nitrogens with two attached hydrogens (primary N) is 1. The highest BCUT2D eigenvalue weighted by Gasteiger charge is 2.17. The van der Waals surface area contributed by atoms with Crippen LogP contribution in [0.25, 0.3) is 0 Å². The Hall–Kier alpha value is -0.570. The fourth-order valence-electron chi connectivity index (χ4n) is 0.497. The van der Waals surface area contributed by atoms with E-state index in [0.29, 0.717) is 0 Å². The Morgan fingerprint density at radius 2 is 2.22 bits per heavy atom. The summed E-state index contributed by atoms with van der Waals surface area (Å²) in [5, 5.41) is 8.36. The third-order valence-electron chi connectivity index (χ3n) is 1.54. The highest BCUT2D eigenvalue weighted by molar-refractivity contribution is 5.73. The standard InChI is InChI=1S/C6H13NO2/c1-3-4(2)5(7)6(8)9/h4-5H,3,7H2,1-2H3,(H,8,9)/t4-,5-/m0/s1/i1+1,2+1,3+1,4+1,5+1,6+1,7+1. The van der Waals surface area contributed by atoms with Crippen molar-refractivity contribution in [3.05, 3.63) is 0 Å². The van der Waals surface area contributed by atoms with Crippen molar-refractivity contribution in [1.29, 1.82) is 0 Å². The van der Waals surface area contributed by atoms with Gasteiger partial charge in [0, 0.05) is 0 Å². The Balaban J connectivity index is 3.72. The van der Waals surface area contributed by atoms with Crippen molar-refractivity contribution in [3.8, 4) is 0 Å². The second-order valence-corrected chi connectivity index (χ2v) is 2.25. The Labute approximate surface area is 54.9 Å². The average molecular weight is 138 g/mol. The van der Waals surface area contributed by atoms with Crippen LogP contribution in [-0.4, -0.2) is 17.1 Å². The van der Waals surface area contributed by atoms with Gasteiger partial charge in [-0.15, -0.1) is 0 Å². The van der Waals surface area contributed by atoms with Gasteiger partial charge in [0.05, 0.1) is 0 Å². The summed E-state index contributed by atoms with van der Waals surface area (Å²) in [7, 11) is 0. The van der Waals surface area contributed by atoms with Crippen LogP contribution in [0.2, 0.25) is 0 Å². The fourth-order valence-corrected chi connectivity index (χ4v) is 0.497. The van der Waals surface area contributed by atoms with Crippen molar-refractivity contribution in [2.45, 2.75) is 26.3 Å². The first kappa shape index (κ1) is 8.43. The first-order valence-corrected chi connectivity index (χ1v) is 3.08. The van der Waals surface area contributed by atoms with Gasteiger partial charge in [0.2, 0.25) is 0 Å². The van der Waals surface area contributed by atoms with E-state index in [1.807, 2.05) is 13.8 Å². The lowest BCUT2D eigenvalue weighted by atomic mass is 11.0. The molecule has 0 aromatic carbocycles. The number of carboxylic acids is 1. The molecule has 0 aromatic rings. The summed E-state index contributed by atoms with van der Waals surface area (Å²) in [5.41, 5.74) is 5.27. The van der Waals surface area contributed by atoms with Gasteiger partial charge >= 0.3 is 5.97 Å². The lowest BCUT2D eigenvalue weighted by Gasteiger charge is -2.11. The molecule has 3 N–H and O–H groups in total. The second-order valence-electron chi connectivity index (χ2n) is 2.25. The molecule has 0 heterocycles. The average Bonchev–Trinajstić information content (AvgIpc) is 1.84. The molecule has 0 aliphatic heterocycles. The second kappa shape index (κ2) is 3.45. The largest absolute Gasteiger partial charge is 0.480 e. The topological polar surface area (TPSA) is 63.3 Å². The molecular formula is C6H13NO2. The number of carbonyl (C=O) groups is 1. The molecule has 0 saturated heterocycles. The summed E-state index contributed by atoms with van der Waals surface area (Å²) >= 11 is 0. The van der Waals surface area contributed by atoms with Crippen molar-refractivity contribution in [1.82, 2.24) is 0 Å². The Kier molecular flexibility index (Phi) is 3.24. The Bertz CT molecular complexity index is 103. The molecule has 0 amide bonds. The molecule has 9 heavy (non-hydrogen) atoms. The molecule has 3 nitrogen and oxygen atoms in total. The van der Waals surface area contributed by atoms with E-state index in [9.17, 15) is 4.79 Å². The molecule has 0 bridgehead atoms. The molecule has 0 radical (unpaired) electrons. The number of hydrogen-bond acceptors (Lipinski definition) is 2. The van der Waals surface area contributed by atoms with Gasteiger partial charge in [0.25, 0.3) is 0 Å². The zero-order valence-corrected chi connectivity index (χ0v) is 5.79. The van der Waals surface area contributed by atoms with E-state index in [-0.39, 0.29) is 5.92 Å². The van der Waals surface area contributed by atoms with Crippen molar-refractivity contribution in [2.75, 3.05) is 0 Å². The maximum absolute atomic E-state index is 10.2. The Morgan fingerprint density at radius 1 is 1.78 bits per heavy atom. The molecule has 0 aliphatic carbocycles. The SMILES string of the molecule is [13CH3][13CH2][13C@H]([13CH3])[13C@H]([15NH2])[13C](=O)O. The summed E-state index contributed by atoms with van der Waals surface area (Å²) in [5.74, 6) is -0.841. The van der Waals surface area contributed by atoms with Gasteiger partial charge in [-0.25, -0.2) is 0 Å². The van der Waals surface area contributed by atoms with Gasteiger partial charge in [0.15, 0.2) is 0 Å². The van der Waals surface area contributed by atoms with Crippen LogP contribution in [0.5, 0.6) is 0 Å².